The molecule has 2 heteroatoms. The minimum atomic E-state index is 0.865. The number of likely N-dealkylation sites (tertiary alicyclic amines) is 1. The SMILES string of the molecule is CCCCC[N+]1(C)CCCCC1=C=O. The van der Waals surface area contributed by atoms with E-state index in [9.17, 15) is 4.79 Å². The van der Waals surface area contributed by atoms with Crippen molar-refractivity contribution in [2.24, 2.45) is 0 Å². The van der Waals surface area contributed by atoms with Crippen LogP contribution in [-0.4, -0.2) is 30.6 Å². The third-order valence-electron chi connectivity index (χ3n) is 3.34. The van der Waals surface area contributed by atoms with E-state index in [0.717, 1.165) is 29.7 Å². The van der Waals surface area contributed by atoms with E-state index in [0.29, 0.717) is 0 Å². The van der Waals surface area contributed by atoms with Gasteiger partial charge in [-0.25, -0.2) is 4.79 Å². The van der Waals surface area contributed by atoms with Crippen LogP contribution in [0.5, 0.6) is 0 Å². The molecule has 0 aromatic heterocycles. The second-order valence-electron chi connectivity index (χ2n) is 4.56. The van der Waals surface area contributed by atoms with Crippen molar-refractivity contribution in [2.45, 2.75) is 45.4 Å². The van der Waals surface area contributed by atoms with Crippen LogP contribution < -0.4 is 0 Å². The van der Waals surface area contributed by atoms with Crippen molar-refractivity contribution in [3.8, 4) is 0 Å². The van der Waals surface area contributed by atoms with Crippen molar-refractivity contribution in [1.82, 2.24) is 0 Å². The van der Waals surface area contributed by atoms with E-state index < -0.39 is 0 Å². The molecule has 14 heavy (non-hydrogen) atoms. The van der Waals surface area contributed by atoms with E-state index in [1.807, 2.05) is 0 Å². The maximum absolute atomic E-state index is 10.8. The Bertz CT molecular complexity index is 230. The Balaban J connectivity index is 2.54. The van der Waals surface area contributed by atoms with Crippen LogP contribution in [-0.2, 0) is 4.79 Å². The van der Waals surface area contributed by atoms with E-state index >= 15 is 0 Å². The zero-order valence-electron chi connectivity index (χ0n) is 9.51. The molecule has 0 N–H and O–H groups in total. The zero-order chi connectivity index (χ0) is 10.4. The Morgan fingerprint density at radius 2 is 2.14 bits per heavy atom. The molecule has 0 radical (unpaired) electrons. The van der Waals surface area contributed by atoms with Gasteiger partial charge in [-0.1, -0.05) is 13.3 Å². The van der Waals surface area contributed by atoms with Gasteiger partial charge in [-0.3, -0.25) is 4.48 Å². The molecule has 1 saturated heterocycles. The third-order valence-corrected chi connectivity index (χ3v) is 3.34. The first-order valence-electron chi connectivity index (χ1n) is 5.82. The highest BCUT2D eigenvalue weighted by Crippen LogP contribution is 2.25. The minimum absolute atomic E-state index is 0.865. The van der Waals surface area contributed by atoms with Crippen LogP contribution >= 0.6 is 0 Å². The fourth-order valence-electron chi connectivity index (χ4n) is 2.28. The van der Waals surface area contributed by atoms with Gasteiger partial charge in [0.05, 0.1) is 20.1 Å². The van der Waals surface area contributed by atoms with E-state index in [2.05, 4.69) is 19.9 Å². The summed E-state index contributed by atoms with van der Waals surface area (Å²) in [5, 5.41) is 0. The number of nitrogens with zero attached hydrogens (tertiary/aromatic N) is 1. The molecule has 80 valence electrons. The highest BCUT2D eigenvalue weighted by Gasteiger charge is 2.31. The van der Waals surface area contributed by atoms with Gasteiger partial charge in [0.1, 0.15) is 0 Å². The van der Waals surface area contributed by atoms with Crippen LogP contribution in [0.3, 0.4) is 0 Å². The summed E-state index contributed by atoms with van der Waals surface area (Å²) in [5.74, 6) is 2.16. The number of quaternary nitrogens is 1. The van der Waals surface area contributed by atoms with Crippen LogP contribution in [0.25, 0.3) is 0 Å². The molecule has 1 heterocycles. The van der Waals surface area contributed by atoms with Gasteiger partial charge in [-0.05, 0) is 25.7 Å². The summed E-state index contributed by atoms with van der Waals surface area (Å²) in [4.78, 5) is 10.8. The van der Waals surface area contributed by atoms with E-state index in [1.165, 1.54) is 32.1 Å². The lowest BCUT2D eigenvalue weighted by Crippen LogP contribution is -2.47. The molecule has 0 aromatic carbocycles. The summed E-state index contributed by atoms with van der Waals surface area (Å²) in [6, 6.07) is 0. The van der Waals surface area contributed by atoms with Gasteiger partial charge in [0.25, 0.3) is 0 Å². The van der Waals surface area contributed by atoms with Crippen molar-refractivity contribution in [2.75, 3.05) is 20.1 Å². The normalized spacial score (nSPS) is 27.4. The Morgan fingerprint density at radius 3 is 2.79 bits per heavy atom. The summed E-state index contributed by atoms with van der Waals surface area (Å²) >= 11 is 0. The van der Waals surface area contributed by atoms with Gasteiger partial charge in [-0.2, -0.15) is 0 Å². The monoisotopic (exact) mass is 196 g/mol. The van der Waals surface area contributed by atoms with Gasteiger partial charge < -0.3 is 0 Å². The second kappa shape index (κ2) is 5.33. The van der Waals surface area contributed by atoms with Gasteiger partial charge in [0.2, 0.25) is 0 Å². The maximum Gasteiger partial charge on any atom is 0.193 e. The topological polar surface area (TPSA) is 17.1 Å². The average molecular weight is 196 g/mol. The quantitative estimate of drug-likeness (QED) is 0.383. The summed E-state index contributed by atoms with van der Waals surface area (Å²) in [6.07, 6.45) is 7.16. The Labute approximate surface area is 87.2 Å². The lowest BCUT2D eigenvalue weighted by atomic mass is 10.0. The number of piperidine rings is 1. The molecule has 1 fully saturated rings. The van der Waals surface area contributed by atoms with Crippen molar-refractivity contribution >= 4 is 5.94 Å². The van der Waals surface area contributed by atoms with E-state index in [-0.39, 0.29) is 0 Å². The van der Waals surface area contributed by atoms with Crippen LogP contribution in [0.4, 0.5) is 0 Å². The summed E-state index contributed by atoms with van der Waals surface area (Å²) in [6.45, 7) is 4.47. The molecule has 2 nitrogen and oxygen atoms in total. The molecule has 0 saturated carbocycles. The molecule has 0 amide bonds. The third kappa shape index (κ3) is 2.70. The first kappa shape index (κ1) is 11.5. The lowest BCUT2D eigenvalue weighted by Gasteiger charge is -2.37. The number of rotatable bonds is 4. The van der Waals surface area contributed by atoms with Crippen LogP contribution in [0, 0.1) is 0 Å². The fourth-order valence-corrected chi connectivity index (χ4v) is 2.28. The fraction of sp³-hybridized carbons (Fsp3) is 0.833. The molecular formula is C12H22NO+. The molecule has 0 aliphatic carbocycles. The summed E-state index contributed by atoms with van der Waals surface area (Å²) in [5.41, 5.74) is 0.993. The first-order valence-corrected chi connectivity index (χ1v) is 5.82. The molecule has 1 unspecified atom stereocenters. The molecule has 1 atom stereocenters. The molecular weight excluding hydrogens is 174 g/mol. The highest BCUT2D eigenvalue weighted by atomic mass is 16.1. The standard InChI is InChI=1S/C12H22NO/c1-3-4-6-9-13(2)10-7-5-8-12(13)11-14/h3-10H2,1-2H3/q+1. The number of unbranched alkanes of at least 4 members (excludes halogenated alkanes) is 2. The average Bonchev–Trinajstić information content (AvgIpc) is 2.19. The molecule has 0 bridgehead atoms. The smallest absolute Gasteiger partial charge is 0.193 e. The van der Waals surface area contributed by atoms with Gasteiger partial charge in [0.15, 0.2) is 11.6 Å². The van der Waals surface area contributed by atoms with Crippen molar-refractivity contribution in [3.63, 3.8) is 0 Å². The predicted octanol–water partition coefficient (Wildman–Crippen LogP) is 2.52. The van der Waals surface area contributed by atoms with E-state index in [1.54, 1.807) is 0 Å². The predicted molar refractivity (Wildman–Crippen MR) is 58.5 cm³/mol. The largest absolute Gasteiger partial charge is 0.288 e. The maximum atomic E-state index is 10.8. The zero-order valence-corrected chi connectivity index (χ0v) is 9.51. The van der Waals surface area contributed by atoms with Gasteiger partial charge >= 0.3 is 0 Å². The van der Waals surface area contributed by atoms with Crippen molar-refractivity contribution in [3.05, 3.63) is 5.70 Å². The molecule has 0 aromatic rings. The number of allylic oxidation sites excluding steroid dienone is 1. The molecule has 1 aliphatic heterocycles. The summed E-state index contributed by atoms with van der Waals surface area (Å²) < 4.78 is 0.865. The van der Waals surface area contributed by atoms with Crippen LogP contribution in [0.1, 0.15) is 45.4 Å². The second-order valence-corrected chi connectivity index (χ2v) is 4.56. The Morgan fingerprint density at radius 1 is 1.36 bits per heavy atom. The van der Waals surface area contributed by atoms with Crippen molar-refractivity contribution < 1.29 is 9.28 Å². The molecule has 0 spiro atoms. The van der Waals surface area contributed by atoms with Gasteiger partial charge in [-0.15, -0.1) is 0 Å². The molecule has 1 rings (SSSR count). The van der Waals surface area contributed by atoms with Gasteiger partial charge in [0, 0.05) is 6.42 Å². The summed E-state index contributed by atoms with van der Waals surface area (Å²) in [7, 11) is 2.19. The van der Waals surface area contributed by atoms with Crippen molar-refractivity contribution in [1.29, 1.82) is 0 Å². The first-order chi connectivity index (χ1) is 6.73. The minimum Gasteiger partial charge on any atom is -0.288 e. The number of hydrogen-bond acceptors (Lipinski definition) is 1. The molecule has 1 aliphatic rings. The Hall–Kier alpha value is -0.590. The van der Waals surface area contributed by atoms with E-state index in [4.69, 9.17) is 0 Å². The number of carbonyl (C=O) groups excluding carboxylic acids is 1. The van der Waals surface area contributed by atoms with Crippen LogP contribution in [0.2, 0.25) is 0 Å². The number of hydrogen-bond donors (Lipinski definition) is 0. The Kier molecular flexibility index (Phi) is 4.37. The highest BCUT2D eigenvalue weighted by molar-refractivity contribution is 5.49. The lowest BCUT2D eigenvalue weighted by molar-refractivity contribution is -0.876. The van der Waals surface area contributed by atoms with Crippen LogP contribution in [0.15, 0.2) is 5.70 Å².